The minimum absolute atomic E-state index is 0.173. The molecule has 180 valence electrons. The Kier molecular flexibility index (Phi) is 7.40. The van der Waals surface area contributed by atoms with E-state index in [1.807, 2.05) is 6.07 Å². The molecule has 1 saturated carbocycles. The van der Waals surface area contributed by atoms with Gasteiger partial charge in [-0.15, -0.1) is 0 Å². The lowest BCUT2D eigenvalue weighted by Crippen LogP contribution is -2.53. The van der Waals surface area contributed by atoms with Crippen LogP contribution in [0.1, 0.15) is 73.0 Å². The number of nitrogens with zero attached hydrogens (tertiary/aromatic N) is 1. The molecule has 7 heteroatoms. The van der Waals surface area contributed by atoms with Gasteiger partial charge in [-0.25, -0.2) is 0 Å². The SMILES string of the molecule is C=C(NCc1cccc(C(F)(F)F)c1)C1(NC(=O)c2cccc(C(C)(C)C#N)c2)CCCCC1. The summed E-state index contributed by atoms with van der Waals surface area (Å²) in [6.45, 7) is 7.93. The summed E-state index contributed by atoms with van der Waals surface area (Å²) in [4.78, 5) is 13.2. The van der Waals surface area contributed by atoms with E-state index in [1.165, 1.54) is 6.07 Å². The summed E-state index contributed by atoms with van der Waals surface area (Å²) < 4.78 is 39.1. The Morgan fingerprint density at radius 1 is 1.06 bits per heavy atom. The minimum atomic E-state index is -4.40. The molecular formula is C27H30F3N3O. The number of carbonyl (C=O) groups excluding carboxylic acids is 1. The Morgan fingerprint density at radius 3 is 2.35 bits per heavy atom. The predicted molar refractivity (Wildman–Crippen MR) is 126 cm³/mol. The number of nitrogens with one attached hydrogen (secondary N) is 2. The summed E-state index contributed by atoms with van der Waals surface area (Å²) in [5.41, 5.74) is 0.162. The van der Waals surface area contributed by atoms with Gasteiger partial charge in [-0.05, 0) is 62.1 Å². The van der Waals surface area contributed by atoms with Crippen molar-refractivity contribution < 1.29 is 18.0 Å². The smallest absolute Gasteiger partial charge is 0.383 e. The maximum atomic E-state index is 13.2. The van der Waals surface area contributed by atoms with Crippen molar-refractivity contribution >= 4 is 5.91 Å². The van der Waals surface area contributed by atoms with Crippen molar-refractivity contribution in [2.75, 3.05) is 0 Å². The molecule has 1 fully saturated rings. The molecule has 2 aromatic carbocycles. The first-order valence-electron chi connectivity index (χ1n) is 11.4. The number of hydrogen-bond donors (Lipinski definition) is 2. The molecular weight excluding hydrogens is 439 g/mol. The first-order chi connectivity index (χ1) is 16.0. The number of hydrogen-bond acceptors (Lipinski definition) is 3. The molecule has 0 atom stereocenters. The number of alkyl halides is 3. The van der Waals surface area contributed by atoms with Gasteiger partial charge in [0.2, 0.25) is 0 Å². The van der Waals surface area contributed by atoms with Crippen molar-refractivity contribution in [1.29, 1.82) is 5.26 Å². The first-order valence-corrected chi connectivity index (χ1v) is 11.4. The van der Waals surface area contributed by atoms with Crippen LogP contribution in [0.2, 0.25) is 0 Å². The second-order valence-electron chi connectivity index (χ2n) is 9.44. The third kappa shape index (κ3) is 5.80. The molecule has 0 heterocycles. The topological polar surface area (TPSA) is 64.9 Å². The normalized spacial score (nSPS) is 15.8. The Balaban J connectivity index is 1.77. The van der Waals surface area contributed by atoms with E-state index in [0.29, 0.717) is 29.7 Å². The van der Waals surface area contributed by atoms with E-state index in [0.717, 1.165) is 37.0 Å². The molecule has 0 aromatic heterocycles. The van der Waals surface area contributed by atoms with Gasteiger partial charge in [0.1, 0.15) is 0 Å². The molecule has 1 aliphatic rings. The largest absolute Gasteiger partial charge is 0.416 e. The first kappa shape index (κ1) is 25.4. The van der Waals surface area contributed by atoms with Gasteiger partial charge < -0.3 is 10.6 Å². The number of amides is 1. The Hall–Kier alpha value is -3.27. The van der Waals surface area contributed by atoms with E-state index < -0.39 is 22.7 Å². The van der Waals surface area contributed by atoms with Crippen molar-refractivity contribution in [3.05, 3.63) is 83.1 Å². The molecule has 34 heavy (non-hydrogen) atoms. The molecule has 3 rings (SSSR count). The van der Waals surface area contributed by atoms with Crippen molar-refractivity contribution in [3.8, 4) is 6.07 Å². The molecule has 0 saturated heterocycles. The molecule has 1 amide bonds. The average molecular weight is 470 g/mol. The molecule has 0 bridgehead atoms. The number of benzene rings is 2. The van der Waals surface area contributed by atoms with Gasteiger partial charge in [0.15, 0.2) is 0 Å². The summed E-state index contributed by atoms with van der Waals surface area (Å²) in [6.07, 6.45) is -0.157. The lowest BCUT2D eigenvalue weighted by Gasteiger charge is -2.40. The molecule has 2 aromatic rings. The average Bonchev–Trinajstić information content (AvgIpc) is 2.82. The zero-order valence-corrected chi connectivity index (χ0v) is 19.6. The molecule has 4 nitrogen and oxygen atoms in total. The number of halogens is 3. The van der Waals surface area contributed by atoms with Crippen LogP contribution in [-0.4, -0.2) is 11.4 Å². The molecule has 1 aliphatic carbocycles. The van der Waals surface area contributed by atoms with Crippen molar-refractivity contribution in [1.82, 2.24) is 10.6 Å². The zero-order valence-electron chi connectivity index (χ0n) is 19.6. The lowest BCUT2D eigenvalue weighted by molar-refractivity contribution is -0.137. The number of carbonyl (C=O) groups is 1. The van der Waals surface area contributed by atoms with Gasteiger partial charge in [0, 0.05) is 17.8 Å². The van der Waals surface area contributed by atoms with Crippen LogP contribution in [0, 0.1) is 11.3 Å². The summed E-state index contributed by atoms with van der Waals surface area (Å²) >= 11 is 0. The summed E-state index contributed by atoms with van der Waals surface area (Å²) in [7, 11) is 0. The van der Waals surface area contributed by atoms with Crippen LogP contribution in [0.3, 0.4) is 0 Å². The summed E-state index contributed by atoms with van der Waals surface area (Å²) in [5, 5.41) is 15.8. The van der Waals surface area contributed by atoms with Crippen LogP contribution in [-0.2, 0) is 18.1 Å². The van der Waals surface area contributed by atoms with Crippen molar-refractivity contribution in [3.63, 3.8) is 0 Å². The fraction of sp³-hybridized carbons (Fsp3) is 0.407. The van der Waals surface area contributed by atoms with E-state index in [-0.39, 0.29) is 12.5 Å². The predicted octanol–water partition coefficient (Wildman–Crippen LogP) is 6.24. The van der Waals surface area contributed by atoms with Crippen LogP contribution in [0.15, 0.2) is 60.8 Å². The van der Waals surface area contributed by atoms with E-state index >= 15 is 0 Å². The number of nitriles is 1. The maximum Gasteiger partial charge on any atom is 0.416 e. The third-order valence-corrected chi connectivity index (χ3v) is 6.52. The van der Waals surface area contributed by atoms with Crippen LogP contribution < -0.4 is 10.6 Å². The Bertz CT molecular complexity index is 1090. The molecule has 0 aliphatic heterocycles. The van der Waals surface area contributed by atoms with Gasteiger partial charge in [0.25, 0.3) is 5.91 Å². The van der Waals surface area contributed by atoms with E-state index in [4.69, 9.17) is 0 Å². The maximum absolute atomic E-state index is 13.2. The molecule has 2 N–H and O–H groups in total. The monoisotopic (exact) mass is 469 g/mol. The molecule has 0 radical (unpaired) electrons. The van der Waals surface area contributed by atoms with Gasteiger partial charge in [0.05, 0.1) is 22.6 Å². The molecule has 0 unspecified atom stereocenters. The Labute approximate surface area is 198 Å². The standard InChI is InChI=1S/C27H30F3N3O/c1-19(32-17-20-9-7-12-23(15-20)27(28,29)30)26(13-5-4-6-14-26)33-24(34)21-10-8-11-22(16-21)25(2,3)18-31/h7-12,15-16,32H,1,4-6,13-14,17H2,2-3H3,(H,33,34). The van der Waals surface area contributed by atoms with Crippen LogP contribution in [0.4, 0.5) is 13.2 Å². The Morgan fingerprint density at radius 2 is 1.71 bits per heavy atom. The van der Waals surface area contributed by atoms with Gasteiger partial charge in [-0.3, -0.25) is 4.79 Å². The minimum Gasteiger partial charge on any atom is -0.383 e. The van der Waals surface area contributed by atoms with Crippen LogP contribution in [0.25, 0.3) is 0 Å². The van der Waals surface area contributed by atoms with Gasteiger partial charge in [-0.1, -0.05) is 50.1 Å². The van der Waals surface area contributed by atoms with E-state index in [1.54, 1.807) is 38.1 Å². The quantitative estimate of drug-likeness (QED) is 0.504. The summed E-state index contributed by atoms with van der Waals surface area (Å²) in [5.74, 6) is -0.264. The highest BCUT2D eigenvalue weighted by atomic mass is 19.4. The van der Waals surface area contributed by atoms with Gasteiger partial charge >= 0.3 is 6.18 Å². The lowest BCUT2D eigenvalue weighted by atomic mass is 9.79. The highest BCUT2D eigenvalue weighted by molar-refractivity contribution is 5.95. The fourth-order valence-corrected chi connectivity index (χ4v) is 4.30. The summed E-state index contributed by atoms with van der Waals surface area (Å²) in [6, 6.07) is 14.5. The molecule has 0 spiro atoms. The zero-order chi connectivity index (χ0) is 25.0. The number of rotatable bonds is 7. The third-order valence-electron chi connectivity index (χ3n) is 6.52. The van der Waals surface area contributed by atoms with Crippen molar-refractivity contribution in [2.45, 2.75) is 69.6 Å². The van der Waals surface area contributed by atoms with Crippen LogP contribution in [0.5, 0.6) is 0 Å². The van der Waals surface area contributed by atoms with Crippen molar-refractivity contribution in [2.24, 2.45) is 0 Å². The highest BCUT2D eigenvalue weighted by Gasteiger charge is 2.37. The van der Waals surface area contributed by atoms with E-state index in [9.17, 15) is 23.2 Å². The second kappa shape index (κ2) is 9.92. The van der Waals surface area contributed by atoms with Gasteiger partial charge in [-0.2, -0.15) is 18.4 Å². The van der Waals surface area contributed by atoms with E-state index in [2.05, 4.69) is 23.3 Å². The second-order valence-corrected chi connectivity index (χ2v) is 9.44. The van der Waals surface area contributed by atoms with Crippen LogP contribution >= 0.6 is 0 Å². The highest BCUT2D eigenvalue weighted by Crippen LogP contribution is 2.34. The fourth-order valence-electron chi connectivity index (χ4n) is 4.30.